The highest BCUT2D eigenvalue weighted by Crippen LogP contribution is 1.90. The van der Waals surface area contributed by atoms with E-state index in [4.69, 9.17) is 11.6 Å². The first kappa shape index (κ1) is 7.72. The molecule has 0 aromatic carbocycles. The molecular formula is C4H8ClNO2. The van der Waals surface area contributed by atoms with E-state index in [2.05, 4.69) is 4.84 Å². The van der Waals surface area contributed by atoms with E-state index in [1.165, 1.54) is 0 Å². The zero-order chi connectivity index (χ0) is 6.41. The summed E-state index contributed by atoms with van der Waals surface area (Å²) in [7, 11) is 0. The molecule has 3 nitrogen and oxygen atoms in total. The second-order valence-electron chi connectivity index (χ2n) is 1.33. The van der Waals surface area contributed by atoms with Crippen LogP contribution in [0.3, 0.4) is 0 Å². The van der Waals surface area contributed by atoms with Crippen LogP contribution < -0.4 is 5.48 Å². The minimum Gasteiger partial charge on any atom is -0.277 e. The lowest BCUT2D eigenvalue weighted by atomic mass is 10.5. The van der Waals surface area contributed by atoms with E-state index in [1.54, 1.807) is 6.92 Å². The van der Waals surface area contributed by atoms with Gasteiger partial charge >= 0.3 is 0 Å². The summed E-state index contributed by atoms with van der Waals surface area (Å²) in [6, 6.07) is 0. The Labute approximate surface area is 52.9 Å². The van der Waals surface area contributed by atoms with Crippen molar-refractivity contribution in [3.05, 3.63) is 0 Å². The molecule has 8 heavy (non-hydrogen) atoms. The minimum absolute atomic E-state index is 0.0672. The Bertz CT molecular complexity index is 67.1. The lowest BCUT2D eigenvalue weighted by Gasteiger charge is -1.99. The fourth-order valence-electron chi connectivity index (χ4n) is 0.197. The minimum atomic E-state index is -0.0672. The van der Waals surface area contributed by atoms with Gasteiger partial charge in [-0.15, -0.1) is 11.6 Å². The van der Waals surface area contributed by atoms with Crippen molar-refractivity contribution < 1.29 is 9.63 Å². The first-order valence-electron chi connectivity index (χ1n) is 2.22. The molecule has 0 aliphatic carbocycles. The Morgan fingerprint density at radius 3 is 3.00 bits per heavy atom. The van der Waals surface area contributed by atoms with Crippen LogP contribution in [-0.2, 0) is 9.63 Å². The van der Waals surface area contributed by atoms with Crippen LogP contribution in [0.5, 0.6) is 0 Å². The Morgan fingerprint density at radius 2 is 2.62 bits per heavy atom. The van der Waals surface area contributed by atoms with Crippen molar-refractivity contribution in [3.8, 4) is 0 Å². The van der Waals surface area contributed by atoms with E-state index in [1.807, 2.05) is 5.48 Å². The first-order chi connectivity index (χ1) is 3.77. The molecular weight excluding hydrogens is 130 g/mol. The first-order valence-corrected chi connectivity index (χ1v) is 2.66. The van der Waals surface area contributed by atoms with Crippen LogP contribution in [0.2, 0.25) is 0 Å². The predicted octanol–water partition coefficient (Wildman–Crippen LogP) is 0.291. The third-order valence-electron chi connectivity index (χ3n) is 0.444. The summed E-state index contributed by atoms with van der Waals surface area (Å²) in [6.45, 7) is 2.11. The quantitative estimate of drug-likeness (QED) is 0.262. The highest BCUT2D eigenvalue weighted by molar-refractivity contribution is 6.20. The molecule has 0 aromatic rings. The van der Waals surface area contributed by atoms with Crippen molar-refractivity contribution in [3.63, 3.8) is 0 Å². The number of hydrogen-bond donors (Lipinski definition) is 1. The van der Waals surface area contributed by atoms with Gasteiger partial charge in [0, 0.05) is 0 Å². The average molecular weight is 138 g/mol. The van der Waals surface area contributed by atoms with Crippen molar-refractivity contribution in [1.29, 1.82) is 0 Å². The normalized spacial score (nSPS) is 12.8. The SMILES string of the molecule is CC(Cl)CONC=O. The van der Waals surface area contributed by atoms with Gasteiger partial charge in [0.25, 0.3) is 0 Å². The maximum absolute atomic E-state index is 9.51. The maximum atomic E-state index is 9.51. The molecule has 0 saturated heterocycles. The van der Waals surface area contributed by atoms with Crippen molar-refractivity contribution >= 4 is 18.0 Å². The summed E-state index contributed by atoms with van der Waals surface area (Å²) in [4.78, 5) is 14.0. The number of alkyl halides is 1. The van der Waals surface area contributed by atoms with Crippen LogP contribution >= 0.6 is 11.6 Å². The summed E-state index contributed by atoms with van der Waals surface area (Å²) in [5, 5.41) is -0.0672. The van der Waals surface area contributed by atoms with E-state index in [9.17, 15) is 4.79 Å². The van der Waals surface area contributed by atoms with Crippen LogP contribution in [0.1, 0.15) is 6.92 Å². The smallest absolute Gasteiger partial charge is 0.230 e. The lowest BCUT2D eigenvalue weighted by molar-refractivity contribution is -0.120. The van der Waals surface area contributed by atoms with Gasteiger partial charge in [0.15, 0.2) is 0 Å². The Kier molecular flexibility index (Phi) is 4.70. The van der Waals surface area contributed by atoms with Crippen molar-refractivity contribution in [2.45, 2.75) is 12.3 Å². The molecule has 0 aliphatic rings. The number of hydroxylamine groups is 1. The molecule has 1 atom stereocenters. The second-order valence-corrected chi connectivity index (χ2v) is 2.07. The van der Waals surface area contributed by atoms with Crippen molar-refractivity contribution in [2.75, 3.05) is 6.61 Å². The summed E-state index contributed by atoms with van der Waals surface area (Å²) >= 11 is 5.43. The number of carbonyl (C=O) groups is 1. The summed E-state index contributed by atoms with van der Waals surface area (Å²) in [5.41, 5.74) is 2.01. The lowest BCUT2D eigenvalue weighted by Crippen LogP contribution is -2.16. The number of amides is 1. The molecule has 0 heterocycles. The fourth-order valence-corrected chi connectivity index (χ4v) is 0.260. The monoisotopic (exact) mass is 137 g/mol. The molecule has 0 fully saturated rings. The summed E-state index contributed by atoms with van der Waals surface area (Å²) in [6.07, 6.45) is 0.458. The number of halogens is 1. The topological polar surface area (TPSA) is 38.3 Å². The van der Waals surface area contributed by atoms with Crippen LogP contribution in [-0.4, -0.2) is 18.4 Å². The van der Waals surface area contributed by atoms with E-state index in [0.717, 1.165) is 0 Å². The molecule has 0 spiro atoms. The number of hydrogen-bond acceptors (Lipinski definition) is 2. The Morgan fingerprint density at radius 1 is 2.00 bits per heavy atom. The van der Waals surface area contributed by atoms with Gasteiger partial charge in [0.05, 0.1) is 12.0 Å². The molecule has 4 heteroatoms. The Balaban J connectivity index is 2.81. The fraction of sp³-hybridized carbons (Fsp3) is 0.750. The van der Waals surface area contributed by atoms with Gasteiger partial charge in [-0.25, -0.2) is 5.48 Å². The Hall–Kier alpha value is -0.280. The van der Waals surface area contributed by atoms with Crippen LogP contribution in [0.15, 0.2) is 0 Å². The van der Waals surface area contributed by atoms with Crippen LogP contribution in [0, 0.1) is 0 Å². The van der Waals surface area contributed by atoms with E-state index >= 15 is 0 Å². The van der Waals surface area contributed by atoms with Crippen LogP contribution in [0.4, 0.5) is 0 Å². The van der Waals surface area contributed by atoms with E-state index in [-0.39, 0.29) is 5.38 Å². The molecule has 1 unspecified atom stereocenters. The summed E-state index contributed by atoms with van der Waals surface area (Å²) < 4.78 is 0. The summed E-state index contributed by atoms with van der Waals surface area (Å²) in [5.74, 6) is 0. The third-order valence-corrected chi connectivity index (χ3v) is 0.570. The van der Waals surface area contributed by atoms with E-state index in [0.29, 0.717) is 13.0 Å². The molecule has 0 aliphatic heterocycles. The number of nitrogens with one attached hydrogen (secondary N) is 1. The zero-order valence-corrected chi connectivity index (χ0v) is 5.31. The molecule has 48 valence electrons. The number of carbonyl (C=O) groups excluding carboxylic acids is 1. The van der Waals surface area contributed by atoms with Gasteiger partial charge in [0.1, 0.15) is 0 Å². The average Bonchev–Trinajstić information content (AvgIpc) is 1.66. The number of rotatable bonds is 4. The van der Waals surface area contributed by atoms with Gasteiger partial charge in [-0.1, -0.05) is 0 Å². The van der Waals surface area contributed by atoms with E-state index < -0.39 is 0 Å². The van der Waals surface area contributed by atoms with Crippen molar-refractivity contribution in [1.82, 2.24) is 5.48 Å². The molecule has 0 saturated carbocycles. The van der Waals surface area contributed by atoms with Crippen molar-refractivity contribution in [2.24, 2.45) is 0 Å². The third kappa shape index (κ3) is 5.72. The van der Waals surface area contributed by atoms with Gasteiger partial charge in [0.2, 0.25) is 6.41 Å². The van der Waals surface area contributed by atoms with Gasteiger partial charge in [-0.3, -0.25) is 9.63 Å². The molecule has 1 N–H and O–H groups in total. The molecule has 0 aromatic heterocycles. The van der Waals surface area contributed by atoms with Gasteiger partial charge < -0.3 is 0 Å². The van der Waals surface area contributed by atoms with Gasteiger partial charge in [-0.05, 0) is 6.92 Å². The standard InChI is InChI=1S/C4H8ClNO2/c1-4(5)2-8-6-3-7/h3-4H,2H2,1H3,(H,6,7). The molecule has 0 radical (unpaired) electrons. The molecule has 1 amide bonds. The van der Waals surface area contributed by atoms with Crippen LogP contribution in [0.25, 0.3) is 0 Å². The van der Waals surface area contributed by atoms with Gasteiger partial charge in [-0.2, -0.15) is 0 Å². The second kappa shape index (κ2) is 4.87. The molecule has 0 bridgehead atoms. The predicted molar refractivity (Wildman–Crippen MR) is 30.5 cm³/mol. The largest absolute Gasteiger partial charge is 0.277 e. The highest BCUT2D eigenvalue weighted by atomic mass is 35.5. The molecule has 0 rings (SSSR count). The maximum Gasteiger partial charge on any atom is 0.230 e. The zero-order valence-electron chi connectivity index (χ0n) is 4.56. The highest BCUT2D eigenvalue weighted by Gasteiger charge is 1.92.